The fraction of sp³-hybridized carbons (Fsp3) is 1.00. The summed E-state index contributed by atoms with van der Waals surface area (Å²) in [5.74, 6) is 0.825. The zero-order valence-electron chi connectivity index (χ0n) is 13.6. The highest BCUT2D eigenvalue weighted by atomic mass is 32.2. The minimum absolute atomic E-state index is 0.121. The highest BCUT2D eigenvalue weighted by Gasteiger charge is 2.41. The summed E-state index contributed by atoms with van der Waals surface area (Å²) in [4.78, 5) is 0. The third kappa shape index (κ3) is 5.28. The molecule has 4 heteroatoms. The van der Waals surface area contributed by atoms with Gasteiger partial charge < -0.3 is 0 Å². The van der Waals surface area contributed by atoms with Gasteiger partial charge in [0.25, 0.3) is 0 Å². The summed E-state index contributed by atoms with van der Waals surface area (Å²) >= 11 is 1.83. The van der Waals surface area contributed by atoms with Crippen molar-refractivity contribution in [1.82, 2.24) is 0 Å². The van der Waals surface area contributed by atoms with Crippen LogP contribution in [0.25, 0.3) is 0 Å². The summed E-state index contributed by atoms with van der Waals surface area (Å²) in [6.07, 6.45) is 1.89. The van der Waals surface area contributed by atoms with Crippen molar-refractivity contribution in [3.05, 3.63) is 0 Å². The van der Waals surface area contributed by atoms with Gasteiger partial charge in [0, 0.05) is 4.75 Å². The van der Waals surface area contributed by atoms with Crippen molar-refractivity contribution >= 4 is 19.6 Å². The van der Waals surface area contributed by atoms with E-state index in [-0.39, 0.29) is 16.6 Å². The minimum Gasteiger partial charge on any atom is -0.252 e. The number of thioether (sulfide) groups is 1. The molecule has 0 rings (SSSR count). The fourth-order valence-electron chi connectivity index (χ4n) is 1.60. The lowest BCUT2D eigenvalue weighted by atomic mass is 9.71. The number of hydrogen-bond acceptors (Lipinski definition) is 1. The Morgan fingerprint density at radius 2 is 1.47 bits per heavy atom. The van der Waals surface area contributed by atoms with Gasteiger partial charge in [0.05, 0.1) is 5.57 Å². The lowest BCUT2D eigenvalue weighted by Gasteiger charge is -2.41. The second-order valence-electron chi connectivity index (χ2n) is 6.97. The van der Waals surface area contributed by atoms with Crippen LogP contribution in [0.2, 0.25) is 0 Å². The maximum Gasteiger partial charge on any atom is 0.132 e. The molecule has 0 aromatic carbocycles. The molecule has 19 heavy (non-hydrogen) atoms. The van der Waals surface area contributed by atoms with Gasteiger partial charge in [-0.05, 0) is 44.3 Å². The topological polar surface area (TPSA) is 0 Å². The molecule has 0 amide bonds. The first-order chi connectivity index (χ1) is 8.27. The van der Waals surface area contributed by atoms with Crippen LogP contribution in [0.4, 0.5) is 8.78 Å². The average molecular weight is 290 g/mol. The summed E-state index contributed by atoms with van der Waals surface area (Å²) < 4.78 is 27.6. The van der Waals surface area contributed by atoms with Gasteiger partial charge in [-0.25, -0.2) is 4.39 Å². The molecule has 0 N–H and O–H groups in total. The van der Waals surface area contributed by atoms with Gasteiger partial charge >= 0.3 is 0 Å². The molecule has 0 saturated carbocycles. The Kier molecular flexibility index (Phi) is 6.46. The molecule has 0 nitrogen and oxygen atoms in total. The van der Waals surface area contributed by atoms with Crippen LogP contribution in [0, 0.1) is 5.41 Å². The van der Waals surface area contributed by atoms with E-state index in [9.17, 15) is 8.78 Å². The molecule has 2 atom stereocenters. The third-order valence-corrected chi connectivity index (χ3v) is 6.55. The van der Waals surface area contributed by atoms with Crippen molar-refractivity contribution < 1.29 is 8.78 Å². The zero-order chi connectivity index (χ0) is 15.5. The molecule has 0 aliphatic rings. The first-order valence-electron chi connectivity index (χ1n) is 7.07. The van der Waals surface area contributed by atoms with Gasteiger partial charge in [0.1, 0.15) is 13.5 Å². The van der Waals surface area contributed by atoms with Crippen LogP contribution in [-0.4, -0.2) is 29.6 Å². The van der Waals surface area contributed by atoms with Crippen LogP contribution in [-0.2, 0) is 0 Å². The summed E-state index contributed by atoms with van der Waals surface area (Å²) in [6, 6.07) is 0. The van der Waals surface area contributed by atoms with Gasteiger partial charge in [0.2, 0.25) is 0 Å². The lowest BCUT2D eigenvalue weighted by molar-refractivity contribution is 0.0389. The van der Waals surface area contributed by atoms with Crippen LogP contribution in [0.5, 0.6) is 0 Å². The van der Waals surface area contributed by atoms with Gasteiger partial charge in [-0.1, -0.05) is 34.6 Å². The average Bonchev–Trinajstić information content (AvgIpc) is 2.22. The molecule has 2 radical (unpaired) electrons. The van der Waals surface area contributed by atoms with Crippen molar-refractivity contribution in [3.63, 3.8) is 0 Å². The fourth-order valence-corrected chi connectivity index (χ4v) is 2.93. The van der Waals surface area contributed by atoms with Crippen molar-refractivity contribution in [2.75, 3.05) is 5.75 Å². The van der Waals surface area contributed by atoms with E-state index in [0.29, 0.717) is 6.42 Å². The maximum atomic E-state index is 14.0. The van der Waals surface area contributed by atoms with Gasteiger partial charge in [-0.3, -0.25) is 4.39 Å². The van der Waals surface area contributed by atoms with Gasteiger partial charge in [0.15, 0.2) is 0 Å². The lowest BCUT2D eigenvalue weighted by Crippen LogP contribution is -2.43. The number of rotatable bonds is 8. The first kappa shape index (κ1) is 19.3. The smallest absolute Gasteiger partial charge is 0.132 e. The van der Waals surface area contributed by atoms with Crippen LogP contribution < -0.4 is 0 Å². The van der Waals surface area contributed by atoms with E-state index in [0.717, 1.165) is 19.1 Å². The molecule has 0 aliphatic heterocycles. The Hall–Kier alpha value is 0.275. The van der Waals surface area contributed by atoms with Gasteiger partial charge in [-0.2, -0.15) is 11.8 Å². The molecule has 112 valence electrons. The summed E-state index contributed by atoms with van der Waals surface area (Å²) in [5, 5.41) is 0. The minimum atomic E-state index is -2.27. The largest absolute Gasteiger partial charge is 0.252 e. The first-order valence-corrected chi connectivity index (χ1v) is 8.06. The van der Waals surface area contributed by atoms with E-state index in [1.54, 1.807) is 0 Å². The summed E-state index contributed by atoms with van der Waals surface area (Å²) in [5.41, 5.74) is -4.01. The SMILES string of the molecule is [B]C(C)(F)C(C)(F)CCCSC(C)(C)C(C)(C)CC. The molecule has 0 spiro atoms. The van der Waals surface area contributed by atoms with Crippen molar-refractivity contribution in [1.29, 1.82) is 0 Å². The Bertz CT molecular complexity index is 280. The molecule has 0 aromatic heterocycles. The molecule has 0 aliphatic carbocycles. The van der Waals surface area contributed by atoms with E-state index < -0.39 is 11.2 Å². The predicted molar refractivity (Wildman–Crippen MR) is 84.6 cm³/mol. The molecular formula is C15H29BF2S. The molecule has 2 unspecified atom stereocenters. The summed E-state index contributed by atoms with van der Waals surface area (Å²) in [6.45, 7) is 13.5. The molecule has 0 aromatic rings. The predicted octanol–water partition coefficient (Wildman–Crippen LogP) is 5.30. The van der Waals surface area contributed by atoms with Crippen LogP contribution in [0.15, 0.2) is 0 Å². The maximum absolute atomic E-state index is 14.0. The summed E-state index contributed by atoms with van der Waals surface area (Å²) in [7, 11) is 5.22. The van der Waals surface area contributed by atoms with E-state index in [4.69, 9.17) is 7.85 Å². The van der Waals surface area contributed by atoms with Crippen molar-refractivity contribution in [3.8, 4) is 0 Å². The van der Waals surface area contributed by atoms with Crippen LogP contribution in [0.3, 0.4) is 0 Å². The molecule has 0 fully saturated rings. The monoisotopic (exact) mass is 290 g/mol. The van der Waals surface area contributed by atoms with Crippen LogP contribution >= 0.6 is 11.8 Å². The highest BCUT2D eigenvalue weighted by Crippen LogP contribution is 2.44. The van der Waals surface area contributed by atoms with E-state index in [1.165, 1.54) is 6.92 Å². The second-order valence-corrected chi connectivity index (χ2v) is 8.69. The Balaban J connectivity index is 4.27. The van der Waals surface area contributed by atoms with E-state index in [2.05, 4.69) is 34.6 Å². The van der Waals surface area contributed by atoms with Gasteiger partial charge in [-0.15, -0.1) is 0 Å². The molecule has 0 saturated heterocycles. The molecule has 0 heterocycles. The van der Waals surface area contributed by atoms with Crippen molar-refractivity contribution in [2.24, 2.45) is 5.41 Å². The Labute approximate surface area is 123 Å². The van der Waals surface area contributed by atoms with Crippen LogP contribution in [0.1, 0.15) is 67.7 Å². The molecular weight excluding hydrogens is 261 g/mol. The van der Waals surface area contributed by atoms with Crippen molar-refractivity contribution in [2.45, 2.75) is 83.7 Å². The number of halogens is 2. The number of alkyl halides is 2. The quantitative estimate of drug-likeness (QED) is 0.432. The second kappa shape index (κ2) is 6.36. The normalized spacial score (nSPS) is 19.8. The Morgan fingerprint density at radius 1 is 1.00 bits per heavy atom. The Morgan fingerprint density at radius 3 is 1.84 bits per heavy atom. The van der Waals surface area contributed by atoms with E-state index >= 15 is 0 Å². The standard InChI is InChI=1S/C15H29BF2S/c1-8-12(2,3)13(4,5)19-11-9-10-14(6,17)15(7,16)18/h8-11H2,1-7H3. The zero-order valence-corrected chi connectivity index (χ0v) is 14.4. The highest BCUT2D eigenvalue weighted by molar-refractivity contribution is 8.00. The third-order valence-electron chi connectivity index (χ3n) is 4.79. The molecule has 0 bridgehead atoms. The van der Waals surface area contributed by atoms with E-state index in [1.807, 2.05) is 11.8 Å². The number of hydrogen-bond donors (Lipinski definition) is 0.